The van der Waals surface area contributed by atoms with Gasteiger partial charge in [0.2, 0.25) is 0 Å². The second kappa shape index (κ2) is 12.9. The van der Waals surface area contributed by atoms with Crippen LogP contribution in [0.1, 0.15) is 64.3 Å². The normalized spacial score (nSPS) is 13.2. The maximum atomic E-state index is 8.32. The second-order valence-corrected chi connectivity index (χ2v) is 12.9. The molecule has 7 aromatic rings. The molecule has 3 heterocycles. The fourth-order valence-electron chi connectivity index (χ4n) is 7.16. The molecule has 47 heavy (non-hydrogen) atoms. The summed E-state index contributed by atoms with van der Waals surface area (Å²) >= 11 is 0. The molecule has 0 spiro atoms. The molecule has 0 aliphatic rings. The Hall–Kier alpha value is -5.16. The Labute approximate surface area is 278 Å². The lowest BCUT2D eigenvalue weighted by atomic mass is 9.88. The monoisotopic (exact) mass is 619 g/mol. The first-order valence-corrected chi connectivity index (χ1v) is 16.7. The molecular formula is C42H42N4O. The van der Waals surface area contributed by atoms with Crippen LogP contribution in [0.15, 0.2) is 115 Å². The third kappa shape index (κ3) is 5.94. The van der Waals surface area contributed by atoms with Gasteiger partial charge in [-0.3, -0.25) is 4.57 Å². The number of aromatic nitrogens is 4. The van der Waals surface area contributed by atoms with Crippen LogP contribution < -0.4 is 4.74 Å². The van der Waals surface area contributed by atoms with Gasteiger partial charge in [-0.1, -0.05) is 82.1 Å². The molecule has 0 bridgehead atoms. The second-order valence-electron chi connectivity index (χ2n) is 12.9. The van der Waals surface area contributed by atoms with Crippen molar-refractivity contribution in [2.24, 2.45) is 5.92 Å². The topological polar surface area (TPSA) is 44.9 Å². The zero-order valence-electron chi connectivity index (χ0n) is 28.9. The van der Waals surface area contributed by atoms with E-state index in [1.165, 1.54) is 30.2 Å². The molecule has 0 radical (unpaired) electrons. The molecule has 0 N–H and O–H groups in total. The van der Waals surface area contributed by atoms with Crippen LogP contribution in [0.3, 0.4) is 0 Å². The number of aryl methyl sites for hydroxylation is 1. The van der Waals surface area contributed by atoms with Gasteiger partial charge in [-0.15, -0.1) is 0 Å². The molecule has 0 aliphatic heterocycles. The highest BCUT2D eigenvalue weighted by Gasteiger charge is 2.18. The Morgan fingerprint density at radius 3 is 2.45 bits per heavy atom. The largest absolute Gasteiger partial charge is 0.457 e. The summed E-state index contributed by atoms with van der Waals surface area (Å²) in [7, 11) is 0. The smallest absolute Gasteiger partial charge is 0.137 e. The third-order valence-corrected chi connectivity index (χ3v) is 9.34. The summed E-state index contributed by atoms with van der Waals surface area (Å²) in [5, 5.41) is 7.22. The van der Waals surface area contributed by atoms with Gasteiger partial charge in [-0.2, -0.15) is 5.10 Å². The summed E-state index contributed by atoms with van der Waals surface area (Å²) in [4.78, 5) is 4.69. The number of pyridine rings is 1. The van der Waals surface area contributed by atoms with E-state index in [1.54, 1.807) is 12.3 Å². The molecule has 4 aromatic carbocycles. The predicted octanol–water partition coefficient (Wildman–Crippen LogP) is 11.4. The van der Waals surface area contributed by atoms with Crippen molar-refractivity contribution in [2.45, 2.75) is 59.8 Å². The van der Waals surface area contributed by atoms with E-state index < -0.39 is 0 Å². The van der Waals surface area contributed by atoms with E-state index in [2.05, 4.69) is 99.8 Å². The van der Waals surface area contributed by atoms with Gasteiger partial charge >= 0.3 is 0 Å². The molecular weight excluding hydrogens is 576 g/mol. The lowest BCUT2D eigenvalue weighted by Gasteiger charge is -2.17. The maximum Gasteiger partial charge on any atom is 0.137 e. The maximum absolute atomic E-state index is 8.32. The van der Waals surface area contributed by atoms with Crippen molar-refractivity contribution in [1.82, 2.24) is 19.3 Å². The minimum Gasteiger partial charge on any atom is -0.457 e. The van der Waals surface area contributed by atoms with Crippen LogP contribution in [-0.4, -0.2) is 19.3 Å². The number of hydrogen-bond acceptors (Lipinski definition) is 3. The van der Waals surface area contributed by atoms with Crippen molar-refractivity contribution in [1.29, 1.82) is 0 Å². The Morgan fingerprint density at radius 1 is 0.809 bits per heavy atom. The summed E-state index contributed by atoms with van der Waals surface area (Å²) in [5.74, 6) is 3.33. The Balaban J connectivity index is 1.27. The van der Waals surface area contributed by atoms with Crippen LogP contribution in [0.25, 0.3) is 44.4 Å². The summed E-state index contributed by atoms with van der Waals surface area (Å²) in [6, 6.07) is 35.5. The van der Waals surface area contributed by atoms with Gasteiger partial charge in [0.15, 0.2) is 0 Å². The summed E-state index contributed by atoms with van der Waals surface area (Å²) in [6.45, 7) is 11.1. The fourth-order valence-corrected chi connectivity index (χ4v) is 7.16. The van der Waals surface area contributed by atoms with Gasteiger partial charge in [0.25, 0.3) is 0 Å². The standard InChI is InChI=1S/C42H42N4O/c1-6-13-28(2)24-29(3)33-19-22-39-38(25-33)37-21-20-36(27-40(37)45(39)41-18-10-11-23-43-41)47-35-17-12-16-34(26-35)46-31(5)42(30(4)44-46)32-14-8-7-9-15-32/h7-12,14-23,25-29H,6,13,24H2,1-5H3/i10D. The van der Waals surface area contributed by atoms with Crippen LogP contribution in [0.2, 0.25) is 0 Å². The highest BCUT2D eigenvalue weighted by atomic mass is 16.5. The van der Waals surface area contributed by atoms with E-state index in [9.17, 15) is 0 Å². The van der Waals surface area contributed by atoms with Gasteiger partial charge in [0, 0.05) is 40.4 Å². The number of fused-ring (bicyclic) bond motifs is 3. The molecule has 3 aromatic heterocycles. The van der Waals surface area contributed by atoms with Crippen LogP contribution in [-0.2, 0) is 0 Å². The molecule has 0 saturated carbocycles. The average Bonchev–Trinajstić information content (AvgIpc) is 3.57. The van der Waals surface area contributed by atoms with Gasteiger partial charge < -0.3 is 4.74 Å². The first-order valence-electron chi connectivity index (χ1n) is 17.2. The molecule has 5 nitrogen and oxygen atoms in total. The lowest BCUT2D eigenvalue weighted by molar-refractivity contribution is 0.449. The van der Waals surface area contributed by atoms with Gasteiger partial charge in [-0.25, -0.2) is 9.67 Å². The number of benzene rings is 4. The van der Waals surface area contributed by atoms with E-state index in [-0.39, 0.29) is 0 Å². The van der Waals surface area contributed by atoms with Crippen molar-refractivity contribution in [3.05, 3.63) is 132 Å². The quantitative estimate of drug-likeness (QED) is 0.153. The summed E-state index contributed by atoms with van der Waals surface area (Å²) < 4.78 is 19.0. The van der Waals surface area contributed by atoms with E-state index in [4.69, 9.17) is 16.2 Å². The Bertz CT molecular complexity index is 2230. The number of hydrogen-bond donors (Lipinski definition) is 0. The number of ether oxygens (including phenoxy) is 1. The van der Waals surface area contributed by atoms with Gasteiger partial charge in [0.1, 0.15) is 17.3 Å². The van der Waals surface area contributed by atoms with Gasteiger partial charge in [-0.05, 0) is 91.8 Å². The van der Waals surface area contributed by atoms with Crippen LogP contribution in [0.5, 0.6) is 11.5 Å². The fraction of sp³-hybridized carbons (Fsp3) is 0.238. The Kier molecular flexibility index (Phi) is 8.04. The lowest BCUT2D eigenvalue weighted by Crippen LogP contribution is -2.02. The number of nitrogens with zero attached hydrogens (tertiary/aromatic N) is 4. The minimum atomic E-state index is 0.425. The van der Waals surface area contributed by atoms with E-state index in [0.29, 0.717) is 17.9 Å². The zero-order chi connectivity index (χ0) is 33.4. The van der Waals surface area contributed by atoms with Crippen LogP contribution in [0, 0.1) is 19.8 Å². The highest BCUT2D eigenvalue weighted by molar-refractivity contribution is 6.09. The average molecular weight is 620 g/mol. The van der Waals surface area contributed by atoms with Crippen LogP contribution >= 0.6 is 0 Å². The van der Waals surface area contributed by atoms with Gasteiger partial charge in [0.05, 0.1) is 23.8 Å². The summed E-state index contributed by atoms with van der Waals surface area (Å²) in [6.07, 6.45) is 5.34. The first-order chi connectivity index (χ1) is 23.3. The van der Waals surface area contributed by atoms with Crippen molar-refractivity contribution in [2.75, 3.05) is 0 Å². The summed E-state index contributed by atoms with van der Waals surface area (Å²) in [5.41, 5.74) is 8.73. The van der Waals surface area contributed by atoms with Crippen molar-refractivity contribution >= 4 is 21.8 Å². The molecule has 0 fully saturated rings. The SMILES string of the molecule is [2H]c1ccnc(-n2c3ccc(C(C)CC(C)CCC)cc3c3ccc(Oc4cccc(-n5nc(C)c(-c6ccccc6)c5C)c4)cc32)c1. The minimum absolute atomic E-state index is 0.425. The molecule has 236 valence electrons. The first kappa shape index (κ1) is 29.3. The number of rotatable bonds is 10. The van der Waals surface area contributed by atoms with Crippen molar-refractivity contribution in [3.8, 4) is 34.1 Å². The van der Waals surface area contributed by atoms with Crippen molar-refractivity contribution in [3.63, 3.8) is 0 Å². The molecule has 0 amide bonds. The van der Waals surface area contributed by atoms with Crippen LogP contribution in [0.4, 0.5) is 0 Å². The van der Waals surface area contributed by atoms with E-state index in [1.807, 2.05) is 41.1 Å². The molecule has 5 heteroatoms. The Morgan fingerprint density at radius 2 is 1.64 bits per heavy atom. The molecule has 0 saturated heterocycles. The molecule has 2 unspecified atom stereocenters. The predicted molar refractivity (Wildman–Crippen MR) is 194 cm³/mol. The molecule has 0 aliphatic carbocycles. The third-order valence-electron chi connectivity index (χ3n) is 9.34. The van der Waals surface area contributed by atoms with E-state index in [0.717, 1.165) is 61.9 Å². The molecule has 2 atom stereocenters. The van der Waals surface area contributed by atoms with E-state index >= 15 is 0 Å². The van der Waals surface area contributed by atoms with Crippen molar-refractivity contribution < 1.29 is 6.11 Å². The molecule has 7 rings (SSSR count). The highest BCUT2D eigenvalue weighted by Crippen LogP contribution is 2.38. The zero-order valence-corrected chi connectivity index (χ0v) is 27.9.